The van der Waals surface area contributed by atoms with Crippen molar-refractivity contribution in [3.05, 3.63) is 53.0 Å². The van der Waals surface area contributed by atoms with Crippen molar-refractivity contribution in [2.75, 3.05) is 51.2 Å². The summed E-state index contributed by atoms with van der Waals surface area (Å²) in [4.78, 5) is 15.5. The molecule has 1 unspecified atom stereocenters. The summed E-state index contributed by atoms with van der Waals surface area (Å²) in [5.74, 6) is 0.841. The van der Waals surface area contributed by atoms with E-state index in [1.165, 1.54) is 6.08 Å². The minimum absolute atomic E-state index is 0.181. The first-order valence-corrected chi connectivity index (χ1v) is 13.3. The zero-order valence-electron chi connectivity index (χ0n) is 22.3. The van der Waals surface area contributed by atoms with Crippen molar-refractivity contribution in [2.45, 2.75) is 51.7 Å². The molecule has 8 nitrogen and oxygen atoms in total. The molecule has 2 fully saturated rings. The van der Waals surface area contributed by atoms with Crippen molar-refractivity contribution in [3.63, 3.8) is 0 Å². The number of nitrogens with two attached hydrogens (primary N) is 1. The molecule has 4 N–H and O–H groups in total. The highest BCUT2D eigenvalue weighted by atomic mass is 35.5. The van der Waals surface area contributed by atoms with E-state index in [0.717, 1.165) is 57.5 Å². The van der Waals surface area contributed by atoms with E-state index in [2.05, 4.69) is 43.5 Å². The van der Waals surface area contributed by atoms with Gasteiger partial charge >= 0.3 is 0 Å². The molecular formula is C27H41ClFN7O. The SMILES string of the molecule is C=C/C(CN1CCC(N2CCN(c3ncc(CNC(N)=NC)cc3O)CC2CC)CC1)=C(F)\C=C(/C)Cl. The van der Waals surface area contributed by atoms with Gasteiger partial charge in [0.1, 0.15) is 5.83 Å². The minimum atomic E-state index is -0.313. The third-order valence-electron chi connectivity index (χ3n) is 7.22. The molecule has 3 rings (SSSR count). The summed E-state index contributed by atoms with van der Waals surface area (Å²) in [6.45, 7) is 13.0. The topological polar surface area (TPSA) is 93.2 Å². The summed E-state index contributed by atoms with van der Waals surface area (Å²) in [6, 6.07) is 2.61. The first-order valence-electron chi connectivity index (χ1n) is 13.0. The maximum atomic E-state index is 14.4. The molecule has 204 valence electrons. The number of allylic oxidation sites excluding steroid dienone is 3. The predicted molar refractivity (Wildman–Crippen MR) is 151 cm³/mol. The van der Waals surface area contributed by atoms with Crippen LogP contribution in [0, 0.1) is 0 Å². The zero-order chi connectivity index (χ0) is 26.9. The maximum Gasteiger partial charge on any atom is 0.188 e. The van der Waals surface area contributed by atoms with Crippen LogP contribution in [-0.4, -0.2) is 84.2 Å². The summed E-state index contributed by atoms with van der Waals surface area (Å²) < 4.78 is 14.4. The number of pyridine rings is 1. The predicted octanol–water partition coefficient (Wildman–Crippen LogP) is 3.74. The highest BCUT2D eigenvalue weighted by Gasteiger charge is 2.34. The van der Waals surface area contributed by atoms with Gasteiger partial charge in [0.2, 0.25) is 0 Å². The van der Waals surface area contributed by atoms with E-state index in [4.69, 9.17) is 17.3 Å². The molecule has 0 amide bonds. The van der Waals surface area contributed by atoms with Crippen LogP contribution < -0.4 is 16.0 Å². The third-order valence-corrected chi connectivity index (χ3v) is 7.33. The normalized spacial score (nSPS) is 21.6. The number of guanidine groups is 1. The smallest absolute Gasteiger partial charge is 0.188 e. The lowest BCUT2D eigenvalue weighted by Gasteiger charge is -2.47. The van der Waals surface area contributed by atoms with Gasteiger partial charge in [-0.05, 0) is 57.0 Å². The molecule has 0 bridgehead atoms. The number of anilines is 1. The fourth-order valence-corrected chi connectivity index (χ4v) is 5.26. The number of hydrogen-bond acceptors (Lipinski definition) is 6. The van der Waals surface area contributed by atoms with Crippen LogP contribution in [0.1, 0.15) is 38.7 Å². The van der Waals surface area contributed by atoms with E-state index in [0.29, 0.717) is 47.6 Å². The Bertz CT molecular complexity index is 1020. The largest absolute Gasteiger partial charge is 0.504 e. The van der Waals surface area contributed by atoms with Crippen LogP contribution >= 0.6 is 11.6 Å². The number of nitrogens with zero attached hydrogens (tertiary/aromatic N) is 5. The number of aromatic nitrogens is 1. The first kappa shape index (κ1) is 28.9. The highest BCUT2D eigenvalue weighted by molar-refractivity contribution is 6.29. The lowest BCUT2D eigenvalue weighted by atomic mass is 9.97. The Kier molecular flexibility index (Phi) is 10.8. The number of aliphatic imine (C=N–C) groups is 1. The molecule has 0 radical (unpaired) electrons. The number of rotatable bonds is 9. The standard InChI is InChI=1S/C27H41ClFN7O/c1-5-21(24(29)13-19(3)28)17-34-9-7-23(8-10-34)36-12-11-35(18-22(36)6-2)26-25(37)14-20(15-32-26)16-33-27(30)31-4/h5,13-15,22-23,37H,1,6-12,16-18H2,2-4H3,(H3,30,31,33)/b19-13+,24-21-. The van der Waals surface area contributed by atoms with E-state index < -0.39 is 0 Å². The zero-order valence-corrected chi connectivity index (χ0v) is 23.0. The van der Waals surface area contributed by atoms with Gasteiger partial charge in [0.15, 0.2) is 17.5 Å². The van der Waals surface area contributed by atoms with Gasteiger partial charge in [-0.3, -0.25) is 14.8 Å². The molecule has 0 spiro atoms. The number of halogens is 2. The van der Waals surface area contributed by atoms with Gasteiger partial charge in [-0.1, -0.05) is 31.2 Å². The monoisotopic (exact) mass is 533 g/mol. The first-order chi connectivity index (χ1) is 17.7. The molecule has 3 heterocycles. The van der Waals surface area contributed by atoms with E-state index >= 15 is 0 Å². The van der Waals surface area contributed by atoms with E-state index in [9.17, 15) is 9.50 Å². The van der Waals surface area contributed by atoms with Crippen molar-refractivity contribution >= 4 is 23.4 Å². The Morgan fingerprint density at radius 2 is 2.08 bits per heavy atom. The van der Waals surface area contributed by atoms with Crippen LogP contribution in [0.25, 0.3) is 0 Å². The number of piperidine rings is 1. The third kappa shape index (κ3) is 7.93. The molecule has 1 aromatic rings. The number of hydrogen-bond donors (Lipinski definition) is 3. The second kappa shape index (κ2) is 13.8. The second-order valence-electron chi connectivity index (χ2n) is 9.71. The van der Waals surface area contributed by atoms with E-state index in [-0.39, 0.29) is 11.6 Å². The molecule has 2 aliphatic heterocycles. The Morgan fingerprint density at radius 1 is 1.35 bits per heavy atom. The van der Waals surface area contributed by atoms with Crippen molar-refractivity contribution in [3.8, 4) is 5.75 Å². The van der Waals surface area contributed by atoms with Crippen molar-refractivity contribution < 1.29 is 9.50 Å². The molecule has 1 aromatic heterocycles. The molecule has 0 aromatic carbocycles. The van der Waals surface area contributed by atoms with E-state index in [1.807, 2.05) is 0 Å². The van der Waals surface area contributed by atoms with E-state index in [1.54, 1.807) is 32.3 Å². The van der Waals surface area contributed by atoms with Gasteiger partial charge in [-0.25, -0.2) is 9.37 Å². The molecule has 10 heteroatoms. The average molecular weight is 534 g/mol. The number of aromatic hydroxyl groups is 1. The Labute approximate surface area is 225 Å². The van der Waals surface area contributed by atoms with Crippen LogP contribution in [0.5, 0.6) is 5.75 Å². The number of piperazine rings is 1. The summed E-state index contributed by atoms with van der Waals surface area (Å²) >= 11 is 5.84. The fourth-order valence-electron chi connectivity index (χ4n) is 5.16. The van der Waals surface area contributed by atoms with Crippen LogP contribution in [-0.2, 0) is 6.54 Å². The quantitative estimate of drug-likeness (QED) is 0.253. The lowest BCUT2D eigenvalue weighted by molar-refractivity contribution is 0.0657. The Hall–Kier alpha value is -2.62. The number of nitrogens with one attached hydrogen (secondary N) is 1. The Morgan fingerprint density at radius 3 is 2.68 bits per heavy atom. The van der Waals surface area contributed by atoms with Gasteiger partial charge in [0.25, 0.3) is 0 Å². The summed E-state index contributed by atoms with van der Waals surface area (Å²) in [7, 11) is 1.62. The molecule has 37 heavy (non-hydrogen) atoms. The summed E-state index contributed by atoms with van der Waals surface area (Å²) in [5, 5.41) is 14.1. The van der Waals surface area contributed by atoms with Crippen molar-refractivity contribution in [1.82, 2.24) is 20.1 Å². The molecule has 2 saturated heterocycles. The lowest BCUT2D eigenvalue weighted by Crippen LogP contribution is -2.58. The highest BCUT2D eigenvalue weighted by Crippen LogP contribution is 2.30. The van der Waals surface area contributed by atoms with Crippen molar-refractivity contribution in [2.24, 2.45) is 10.7 Å². The van der Waals surface area contributed by atoms with Gasteiger partial charge in [0, 0.05) is 68.7 Å². The van der Waals surface area contributed by atoms with Gasteiger partial charge < -0.3 is 21.1 Å². The maximum absolute atomic E-state index is 14.4. The van der Waals surface area contributed by atoms with Gasteiger partial charge in [0.05, 0.1) is 0 Å². The second-order valence-corrected chi connectivity index (χ2v) is 10.3. The molecule has 0 saturated carbocycles. The minimum Gasteiger partial charge on any atom is -0.504 e. The van der Waals surface area contributed by atoms with Gasteiger partial charge in [-0.15, -0.1) is 0 Å². The summed E-state index contributed by atoms with van der Waals surface area (Å²) in [6.07, 6.45) is 7.82. The summed E-state index contributed by atoms with van der Waals surface area (Å²) in [5.41, 5.74) is 7.11. The average Bonchev–Trinajstić information content (AvgIpc) is 2.90. The van der Waals surface area contributed by atoms with Crippen LogP contribution in [0.15, 0.2) is 52.4 Å². The van der Waals surface area contributed by atoms with Crippen LogP contribution in [0.3, 0.4) is 0 Å². The number of likely N-dealkylation sites (tertiary alicyclic amines) is 1. The molecule has 0 aliphatic carbocycles. The van der Waals surface area contributed by atoms with Crippen LogP contribution in [0.4, 0.5) is 10.2 Å². The molecule has 2 aliphatic rings. The molecular weight excluding hydrogens is 493 g/mol. The molecule has 1 atom stereocenters. The fraction of sp³-hybridized carbons (Fsp3) is 0.556. The van der Waals surface area contributed by atoms with Gasteiger partial charge in [-0.2, -0.15) is 0 Å². The van der Waals surface area contributed by atoms with Crippen molar-refractivity contribution in [1.29, 1.82) is 0 Å². The Balaban J connectivity index is 1.57. The van der Waals surface area contributed by atoms with Crippen LogP contribution in [0.2, 0.25) is 0 Å².